The maximum absolute atomic E-state index is 5.18. The van der Waals surface area contributed by atoms with Gasteiger partial charge < -0.3 is 0 Å². The van der Waals surface area contributed by atoms with Gasteiger partial charge >= 0.3 is 0 Å². The second-order valence-corrected chi connectivity index (χ2v) is 10.9. The van der Waals surface area contributed by atoms with E-state index in [0.717, 1.165) is 33.4 Å². The molecular formula is C39H25N3. The van der Waals surface area contributed by atoms with Gasteiger partial charge in [0.15, 0.2) is 0 Å². The minimum Gasteiger partial charge on any atom is -0.295 e. The molecule has 0 aliphatic carbocycles. The fourth-order valence-electron chi connectivity index (χ4n) is 6.62. The summed E-state index contributed by atoms with van der Waals surface area (Å²) in [7, 11) is 0. The van der Waals surface area contributed by atoms with Gasteiger partial charge in [0.2, 0.25) is 0 Å². The molecule has 0 saturated carbocycles. The lowest BCUT2D eigenvalue weighted by molar-refractivity contribution is 1.12. The lowest BCUT2D eigenvalue weighted by Crippen LogP contribution is -2.00. The second-order valence-electron chi connectivity index (χ2n) is 10.9. The Labute approximate surface area is 242 Å². The van der Waals surface area contributed by atoms with Crippen LogP contribution in [0.5, 0.6) is 0 Å². The molecule has 0 aliphatic rings. The van der Waals surface area contributed by atoms with Crippen molar-refractivity contribution in [1.82, 2.24) is 14.0 Å². The van der Waals surface area contributed by atoms with Crippen LogP contribution in [-0.2, 0) is 0 Å². The number of hydrogen-bond acceptors (Lipinski definition) is 1. The van der Waals surface area contributed by atoms with E-state index in [1.54, 1.807) is 0 Å². The largest absolute Gasteiger partial charge is 0.295 e. The van der Waals surface area contributed by atoms with Crippen LogP contribution in [0.2, 0.25) is 0 Å². The molecule has 3 aromatic heterocycles. The highest BCUT2D eigenvalue weighted by Gasteiger charge is 2.22. The molecule has 3 heterocycles. The molecule has 0 spiro atoms. The number of imidazole rings is 1. The monoisotopic (exact) mass is 535 g/mol. The predicted molar refractivity (Wildman–Crippen MR) is 175 cm³/mol. The Kier molecular flexibility index (Phi) is 4.90. The number of hydrogen-bond donors (Lipinski definition) is 0. The van der Waals surface area contributed by atoms with E-state index in [4.69, 9.17) is 4.98 Å². The summed E-state index contributed by atoms with van der Waals surface area (Å²) >= 11 is 0. The van der Waals surface area contributed by atoms with Gasteiger partial charge in [0.05, 0.1) is 16.6 Å². The minimum atomic E-state index is 0.978. The molecule has 0 unspecified atom stereocenters. The molecule has 0 aliphatic heterocycles. The normalized spacial score (nSPS) is 11.8. The van der Waals surface area contributed by atoms with E-state index >= 15 is 0 Å². The minimum absolute atomic E-state index is 0.978. The van der Waals surface area contributed by atoms with Crippen molar-refractivity contribution < 1.29 is 0 Å². The molecule has 0 radical (unpaired) electrons. The first-order chi connectivity index (χ1) is 20.8. The highest BCUT2D eigenvalue weighted by molar-refractivity contribution is 6.24. The predicted octanol–water partition coefficient (Wildman–Crippen LogP) is 10.1. The summed E-state index contributed by atoms with van der Waals surface area (Å²) in [5.74, 6) is 0. The molecule has 0 bridgehead atoms. The summed E-state index contributed by atoms with van der Waals surface area (Å²) in [6.45, 7) is 0. The maximum atomic E-state index is 5.18. The molecule has 0 atom stereocenters. The average molecular weight is 536 g/mol. The molecule has 42 heavy (non-hydrogen) atoms. The van der Waals surface area contributed by atoms with Crippen LogP contribution in [0.15, 0.2) is 152 Å². The third kappa shape index (κ3) is 3.31. The molecule has 9 aromatic rings. The molecule has 3 heteroatoms. The van der Waals surface area contributed by atoms with Crippen LogP contribution in [0.4, 0.5) is 0 Å². The van der Waals surface area contributed by atoms with Crippen molar-refractivity contribution >= 4 is 49.4 Å². The molecule has 0 amide bonds. The number of rotatable bonds is 3. The van der Waals surface area contributed by atoms with E-state index in [1.807, 2.05) is 0 Å². The molecule has 0 saturated heterocycles. The number of fused-ring (bicyclic) bond motifs is 10. The lowest BCUT2D eigenvalue weighted by Gasteiger charge is -2.15. The number of nitrogens with zero attached hydrogens (tertiary/aromatic N) is 3. The fourth-order valence-corrected chi connectivity index (χ4v) is 6.62. The molecule has 0 N–H and O–H groups in total. The van der Waals surface area contributed by atoms with Crippen LogP contribution in [0, 0.1) is 0 Å². The zero-order valence-corrected chi connectivity index (χ0v) is 22.8. The number of benzene rings is 6. The van der Waals surface area contributed by atoms with E-state index in [1.165, 1.54) is 43.9 Å². The Morgan fingerprint density at radius 2 is 0.976 bits per heavy atom. The topological polar surface area (TPSA) is 22.2 Å². The van der Waals surface area contributed by atoms with E-state index < -0.39 is 0 Å². The highest BCUT2D eigenvalue weighted by Crippen LogP contribution is 2.41. The number of pyridine rings is 1. The van der Waals surface area contributed by atoms with Crippen LogP contribution in [-0.4, -0.2) is 14.0 Å². The Balaban J connectivity index is 1.51. The van der Waals surface area contributed by atoms with Gasteiger partial charge in [-0.2, -0.15) is 0 Å². The van der Waals surface area contributed by atoms with Gasteiger partial charge in [0, 0.05) is 21.8 Å². The van der Waals surface area contributed by atoms with Crippen LogP contribution < -0.4 is 0 Å². The Hall–Kier alpha value is -5.67. The number of para-hydroxylation sites is 3. The van der Waals surface area contributed by atoms with E-state index in [-0.39, 0.29) is 0 Å². The summed E-state index contributed by atoms with van der Waals surface area (Å²) < 4.78 is 4.81. The maximum Gasteiger partial charge on any atom is 0.147 e. The van der Waals surface area contributed by atoms with E-state index in [9.17, 15) is 0 Å². The summed E-state index contributed by atoms with van der Waals surface area (Å²) in [5, 5.41) is 4.85. The van der Waals surface area contributed by atoms with Gasteiger partial charge in [-0.1, -0.05) is 115 Å². The number of aromatic nitrogens is 3. The van der Waals surface area contributed by atoms with Gasteiger partial charge in [0.1, 0.15) is 11.3 Å². The van der Waals surface area contributed by atoms with Crippen molar-refractivity contribution in [1.29, 1.82) is 0 Å². The van der Waals surface area contributed by atoms with Gasteiger partial charge in [-0.25, -0.2) is 4.98 Å². The van der Waals surface area contributed by atoms with Gasteiger partial charge in [-0.3, -0.25) is 8.97 Å². The molecule has 6 aromatic carbocycles. The van der Waals surface area contributed by atoms with Crippen LogP contribution in [0.1, 0.15) is 0 Å². The average Bonchev–Trinajstić information content (AvgIpc) is 3.62. The van der Waals surface area contributed by atoms with Crippen molar-refractivity contribution in [3.8, 4) is 27.9 Å². The molecule has 0 fully saturated rings. The first-order valence-corrected chi connectivity index (χ1v) is 14.3. The molecule has 3 nitrogen and oxygen atoms in total. The third-order valence-electron chi connectivity index (χ3n) is 8.45. The summed E-state index contributed by atoms with van der Waals surface area (Å²) in [6.07, 6.45) is 0. The fraction of sp³-hybridized carbons (Fsp3) is 0. The van der Waals surface area contributed by atoms with Crippen LogP contribution in [0.3, 0.4) is 0 Å². The zero-order chi connectivity index (χ0) is 27.6. The van der Waals surface area contributed by atoms with E-state index in [0.29, 0.717) is 0 Å². The Morgan fingerprint density at radius 3 is 1.67 bits per heavy atom. The highest BCUT2D eigenvalue weighted by atomic mass is 15.1. The Bertz CT molecular complexity index is 2390. The van der Waals surface area contributed by atoms with E-state index in [2.05, 4.69) is 161 Å². The molecular weight excluding hydrogens is 510 g/mol. The standard InChI is InChI=1S/C39H25N3/c1-3-13-26(14-4-1)28-23-29(27-15-5-2-6-16-27)25-30(24-28)41-35-21-11-9-19-33(35)37-31-17-7-8-18-32(31)38-40-34-20-10-12-22-36(34)42(38)39(37)41/h1-25H. The van der Waals surface area contributed by atoms with Crippen LogP contribution >= 0.6 is 0 Å². The van der Waals surface area contributed by atoms with Crippen molar-refractivity contribution in [3.05, 3.63) is 152 Å². The Morgan fingerprint density at radius 1 is 0.429 bits per heavy atom. The zero-order valence-electron chi connectivity index (χ0n) is 22.8. The smallest absolute Gasteiger partial charge is 0.147 e. The summed E-state index contributed by atoms with van der Waals surface area (Å²) in [4.78, 5) is 5.18. The van der Waals surface area contributed by atoms with Gasteiger partial charge in [-0.05, 0) is 64.0 Å². The first kappa shape index (κ1) is 23.1. The summed E-state index contributed by atoms with van der Waals surface area (Å²) in [5.41, 5.74) is 11.3. The van der Waals surface area contributed by atoms with Gasteiger partial charge in [0.25, 0.3) is 0 Å². The van der Waals surface area contributed by atoms with Crippen molar-refractivity contribution in [2.24, 2.45) is 0 Å². The molecule has 196 valence electrons. The van der Waals surface area contributed by atoms with Crippen molar-refractivity contribution in [2.75, 3.05) is 0 Å². The second kappa shape index (κ2) is 8.92. The molecule has 9 rings (SSSR count). The summed E-state index contributed by atoms with van der Waals surface area (Å²) in [6, 6.07) is 54.2. The lowest BCUT2D eigenvalue weighted by atomic mass is 9.98. The van der Waals surface area contributed by atoms with Crippen molar-refractivity contribution in [2.45, 2.75) is 0 Å². The van der Waals surface area contributed by atoms with Crippen LogP contribution in [0.25, 0.3) is 77.3 Å². The third-order valence-corrected chi connectivity index (χ3v) is 8.45. The quantitative estimate of drug-likeness (QED) is 0.221. The SMILES string of the molecule is c1ccc(-c2cc(-c3ccccc3)cc(-n3c4ccccc4c4c5ccccc5c5nc6ccccc6n5c43)c2)cc1. The van der Waals surface area contributed by atoms with Gasteiger partial charge in [-0.15, -0.1) is 0 Å². The first-order valence-electron chi connectivity index (χ1n) is 14.3. The van der Waals surface area contributed by atoms with Crippen molar-refractivity contribution in [3.63, 3.8) is 0 Å².